The highest BCUT2D eigenvalue weighted by Crippen LogP contribution is 2.24. The number of morpholine rings is 1. The summed E-state index contributed by atoms with van der Waals surface area (Å²) in [5.41, 5.74) is 5.37. The maximum absolute atomic E-state index is 5.83. The van der Waals surface area contributed by atoms with Crippen molar-refractivity contribution in [3.63, 3.8) is 0 Å². The van der Waals surface area contributed by atoms with E-state index in [0.29, 0.717) is 5.82 Å². The van der Waals surface area contributed by atoms with Crippen LogP contribution in [0.25, 0.3) is 0 Å². The quantitative estimate of drug-likeness (QED) is 0.769. The molecule has 0 bridgehead atoms. The lowest BCUT2D eigenvalue weighted by Gasteiger charge is -2.42. The predicted molar refractivity (Wildman–Crippen MR) is 63.3 cm³/mol. The molecule has 0 radical (unpaired) electrons. The Morgan fingerprint density at radius 1 is 1.44 bits per heavy atom. The second-order valence-corrected chi connectivity index (χ2v) is 4.89. The third-order valence-corrected chi connectivity index (χ3v) is 2.56. The minimum absolute atomic E-state index is 0.152. The Bertz CT molecular complexity index is 363. The van der Waals surface area contributed by atoms with E-state index in [9.17, 15) is 0 Å². The van der Waals surface area contributed by atoms with Gasteiger partial charge >= 0.3 is 0 Å². The highest BCUT2D eigenvalue weighted by atomic mass is 16.5. The van der Waals surface area contributed by atoms with Crippen LogP contribution in [0.3, 0.4) is 0 Å². The molecule has 1 fully saturated rings. The first kappa shape index (κ1) is 11.1. The van der Waals surface area contributed by atoms with Gasteiger partial charge in [-0.1, -0.05) is 0 Å². The van der Waals surface area contributed by atoms with Gasteiger partial charge in [0.1, 0.15) is 5.82 Å². The first-order chi connectivity index (χ1) is 7.46. The van der Waals surface area contributed by atoms with Gasteiger partial charge in [0.25, 0.3) is 0 Å². The Balaban J connectivity index is 2.17. The van der Waals surface area contributed by atoms with Crippen LogP contribution in [0.4, 0.5) is 11.6 Å². The number of ether oxygens (including phenoxy) is 1. The summed E-state index contributed by atoms with van der Waals surface area (Å²) in [5.74, 6) is 1.31. The molecule has 1 saturated heterocycles. The molecule has 0 aromatic carbocycles. The third kappa shape index (κ3) is 2.41. The SMILES string of the molecule is CC1CN(c2ccc(N)nn2)CC(C)(C)O1. The van der Waals surface area contributed by atoms with Crippen molar-refractivity contribution in [3.8, 4) is 0 Å². The van der Waals surface area contributed by atoms with Gasteiger partial charge in [0.05, 0.1) is 11.7 Å². The van der Waals surface area contributed by atoms with Crippen molar-refractivity contribution >= 4 is 11.6 Å². The van der Waals surface area contributed by atoms with Crippen LogP contribution in [0.1, 0.15) is 20.8 Å². The number of nitrogens with two attached hydrogens (primary N) is 1. The molecule has 2 N–H and O–H groups in total. The normalized spacial score (nSPS) is 24.4. The Labute approximate surface area is 95.6 Å². The van der Waals surface area contributed by atoms with Crippen LogP contribution in [0.5, 0.6) is 0 Å². The number of hydrogen-bond donors (Lipinski definition) is 1. The summed E-state index contributed by atoms with van der Waals surface area (Å²) >= 11 is 0. The molecule has 1 atom stereocenters. The molecule has 5 nitrogen and oxygen atoms in total. The van der Waals surface area contributed by atoms with Gasteiger partial charge in [-0.15, -0.1) is 10.2 Å². The van der Waals surface area contributed by atoms with E-state index in [1.807, 2.05) is 6.07 Å². The lowest BCUT2D eigenvalue weighted by atomic mass is 10.1. The summed E-state index contributed by atoms with van der Waals surface area (Å²) in [4.78, 5) is 2.18. The summed E-state index contributed by atoms with van der Waals surface area (Å²) in [5, 5.41) is 7.97. The van der Waals surface area contributed by atoms with E-state index in [1.54, 1.807) is 6.07 Å². The lowest BCUT2D eigenvalue weighted by molar-refractivity contribution is -0.0752. The minimum atomic E-state index is -0.152. The van der Waals surface area contributed by atoms with Gasteiger partial charge in [-0.3, -0.25) is 0 Å². The molecule has 2 heterocycles. The van der Waals surface area contributed by atoms with E-state index >= 15 is 0 Å². The zero-order valence-electron chi connectivity index (χ0n) is 9.97. The van der Waals surface area contributed by atoms with Crippen LogP contribution in [0.15, 0.2) is 12.1 Å². The van der Waals surface area contributed by atoms with Crippen molar-refractivity contribution in [2.45, 2.75) is 32.5 Å². The minimum Gasteiger partial charge on any atom is -0.382 e. The topological polar surface area (TPSA) is 64.3 Å². The fraction of sp³-hybridized carbons (Fsp3) is 0.636. The largest absolute Gasteiger partial charge is 0.382 e. The van der Waals surface area contributed by atoms with Gasteiger partial charge in [-0.25, -0.2) is 0 Å². The molecule has 2 rings (SSSR count). The fourth-order valence-corrected chi connectivity index (χ4v) is 2.13. The number of nitrogen functional groups attached to an aromatic ring is 1. The second kappa shape index (κ2) is 3.90. The monoisotopic (exact) mass is 222 g/mol. The highest BCUT2D eigenvalue weighted by Gasteiger charge is 2.31. The molecule has 0 amide bonds. The van der Waals surface area contributed by atoms with Crippen molar-refractivity contribution in [2.24, 2.45) is 0 Å². The average Bonchev–Trinajstić information content (AvgIpc) is 2.15. The second-order valence-electron chi connectivity index (χ2n) is 4.89. The van der Waals surface area contributed by atoms with Gasteiger partial charge in [-0.2, -0.15) is 0 Å². The molecular formula is C11H18N4O. The molecule has 1 aromatic rings. The molecule has 1 aliphatic rings. The van der Waals surface area contributed by atoms with E-state index in [-0.39, 0.29) is 11.7 Å². The van der Waals surface area contributed by atoms with Gasteiger partial charge < -0.3 is 15.4 Å². The Morgan fingerprint density at radius 3 is 2.75 bits per heavy atom. The first-order valence-electron chi connectivity index (χ1n) is 5.48. The van der Waals surface area contributed by atoms with E-state index in [1.165, 1.54) is 0 Å². The van der Waals surface area contributed by atoms with Gasteiger partial charge in [0.2, 0.25) is 0 Å². The van der Waals surface area contributed by atoms with Crippen molar-refractivity contribution in [1.29, 1.82) is 0 Å². The predicted octanol–water partition coefficient (Wildman–Crippen LogP) is 1.06. The van der Waals surface area contributed by atoms with Crippen LogP contribution in [-0.2, 0) is 4.74 Å². The molecule has 1 aromatic heterocycles. The molecule has 1 aliphatic heterocycles. The Morgan fingerprint density at radius 2 is 2.19 bits per heavy atom. The zero-order chi connectivity index (χ0) is 11.8. The maximum Gasteiger partial charge on any atom is 0.151 e. The Kier molecular flexibility index (Phi) is 2.71. The number of hydrogen-bond acceptors (Lipinski definition) is 5. The molecule has 88 valence electrons. The Hall–Kier alpha value is -1.36. The van der Waals surface area contributed by atoms with E-state index in [2.05, 4.69) is 35.9 Å². The average molecular weight is 222 g/mol. The van der Waals surface area contributed by atoms with Crippen LogP contribution in [-0.4, -0.2) is 35.0 Å². The molecule has 0 spiro atoms. The van der Waals surface area contributed by atoms with Crippen LogP contribution >= 0.6 is 0 Å². The van der Waals surface area contributed by atoms with Gasteiger partial charge in [-0.05, 0) is 32.9 Å². The fourth-order valence-electron chi connectivity index (χ4n) is 2.13. The summed E-state index contributed by atoms with van der Waals surface area (Å²) in [6, 6.07) is 3.67. The standard InChI is InChI=1S/C11H18N4O/c1-8-6-15(7-11(2,3)16-8)10-5-4-9(12)13-14-10/h4-5,8H,6-7H2,1-3H3,(H2,12,13). The number of anilines is 2. The molecule has 1 unspecified atom stereocenters. The third-order valence-electron chi connectivity index (χ3n) is 2.56. The van der Waals surface area contributed by atoms with Gasteiger partial charge in [0, 0.05) is 13.1 Å². The van der Waals surface area contributed by atoms with E-state index < -0.39 is 0 Å². The van der Waals surface area contributed by atoms with Crippen LogP contribution < -0.4 is 10.6 Å². The lowest BCUT2D eigenvalue weighted by Crippen LogP contribution is -2.52. The number of rotatable bonds is 1. The summed E-state index contributed by atoms with van der Waals surface area (Å²) < 4.78 is 5.83. The molecule has 5 heteroatoms. The summed E-state index contributed by atoms with van der Waals surface area (Å²) in [6.07, 6.45) is 0.197. The number of nitrogens with zero attached hydrogens (tertiary/aromatic N) is 3. The number of aromatic nitrogens is 2. The van der Waals surface area contributed by atoms with Crippen LogP contribution in [0, 0.1) is 0 Å². The van der Waals surface area contributed by atoms with Crippen molar-refractivity contribution in [2.75, 3.05) is 23.7 Å². The maximum atomic E-state index is 5.83. The smallest absolute Gasteiger partial charge is 0.151 e. The van der Waals surface area contributed by atoms with E-state index in [4.69, 9.17) is 10.5 Å². The van der Waals surface area contributed by atoms with E-state index in [0.717, 1.165) is 18.9 Å². The van der Waals surface area contributed by atoms with Crippen molar-refractivity contribution in [1.82, 2.24) is 10.2 Å². The molecule has 0 saturated carbocycles. The summed E-state index contributed by atoms with van der Waals surface area (Å²) in [7, 11) is 0. The molecule has 0 aliphatic carbocycles. The first-order valence-corrected chi connectivity index (χ1v) is 5.48. The zero-order valence-corrected chi connectivity index (χ0v) is 9.97. The van der Waals surface area contributed by atoms with Crippen LogP contribution in [0.2, 0.25) is 0 Å². The van der Waals surface area contributed by atoms with Crippen molar-refractivity contribution < 1.29 is 4.74 Å². The molecule has 16 heavy (non-hydrogen) atoms. The highest BCUT2D eigenvalue weighted by molar-refractivity contribution is 5.42. The molecular weight excluding hydrogens is 204 g/mol. The van der Waals surface area contributed by atoms with Crippen molar-refractivity contribution in [3.05, 3.63) is 12.1 Å². The van der Waals surface area contributed by atoms with Gasteiger partial charge in [0.15, 0.2) is 5.82 Å². The summed E-state index contributed by atoms with van der Waals surface area (Å²) in [6.45, 7) is 7.89.